The number of anilines is 1. The average Bonchev–Trinajstić information content (AvgIpc) is 2.68. The number of amides is 1. The number of para-hydroxylation sites is 1. The second kappa shape index (κ2) is 4.31. The van der Waals surface area contributed by atoms with Gasteiger partial charge in [0.1, 0.15) is 0 Å². The molecular formula is C13H16N2O3S. The Kier molecular flexibility index (Phi) is 2.87. The van der Waals surface area contributed by atoms with E-state index in [0.717, 1.165) is 12.1 Å². The Morgan fingerprint density at radius 3 is 2.63 bits per heavy atom. The van der Waals surface area contributed by atoms with Crippen molar-refractivity contribution in [2.75, 3.05) is 30.8 Å². The number of nitrogens with zero attached hydrogens (tertiary/aromatic N) is 2. The first-order chi connectivity index (χ1) is 8.97. The Bertz CT molecular complexity index is 621. The molecule has 2 aliphatic rings. The van der Waals surface area contributed by atoms with Crippen molar-refractivity contribution >= 4 is 21.6 Å². The minimum absolute atomic E-state index is 0.0462. The summed E-state index contributed by atoms with van der Waals surface area (Å²) < 4.78 is 23.9. The topological polar surface area (TPSA) is 57.7 Å². The molecule has 0 bridgehead atoms. The maximum atomic E-state index is 12.4. The smallest absolute Gasteiger partial charge is 0.232 e. The van der Waals surface area contributed by atoms with Crippen molar-refractivity contribution < 1.29 is 13.2 Å². The van der Waals surface area contributed by atoms with Gasteiger partial charge in [-0.05, 0) is 18.1 Å². The second-order valence-corrected chi connectivity index (χ2v) is 7.13. The van der Waals surface area contributed by atoms with Gasteiger partial charge in [0.05, 0.1) is 12.2 Å². The Morgan fingerprint density at radius 1 is 1.26 bits per heavy atom. The highest BCUT2D eigenvalue weighted by Gasteiger charge is 2.41. The zero-order chi connectivity index (χ0) is 13.6. The summed E-state index contributed by atoms with van der Waals surface area (Å²) in [5.74, 6) is -0.147. The van der Waals surface area contributed by atoms with Crippen LogP contribution < -0.4 is 4.90 Å². The van der Waals surface area contributed by atoms with E-state index in [1.807, 2.05) is 24.3 Å². The van der Waals surface area contributed by atoms with Crippen molar-refractivity contribution in [1.29, 1.82) is 0 Å². The molecule has 1 aromatic carbocycles. The van der Waals surface area contributed by atoms with E-state index in [2.05, 4.69) is 0 Å². The number of benzene rings is 1. The van der Waals surface area contributed by atoms with E-state index in [0.29, 0.717) is 19.6 Å². The number of fused-ring (bicyclic) bond motifs is 1. The van der Waals surface area contributed by atoms with Crippen LogP contribution in [-0.2, 0) is 21.2 Å². The standard InChI is InChI=1S/C13H16N2O3S/c1-19(17,18)14-8-11(9-14)13(16)15-7-6-10-4-2-3-5-12(10)15/h2-5,11H,6-9H2,1H3. The lowest BCUT2D eigenvalue weighted by atomic mass is 10.0. The second-order valence-electron chi connectivity index (χ2n) is 5.15. The first-order valence-corrected chi connectivity index (χ1v) is 8.16. The molecule has 3 rings (SSSR count). The maximum Gasteiger partial charge on any atom is 0.232 e. The van der Waals surface area contributed by atoms with E-state index in [1.165, 1.54) is 16.1 Å². The van der Waals surface area contributed by atoms with Crippen LogP contribution in [0.4, 0.5) is 5.69 Å². The van der Waals surface area contributed by atoms with E-state index in [4.69, 9.17) is 0 Å². The van der Waals surface area contributed by atoms with Crippen LogP contribution in [0.3, 0.4) is 0 Å². The minimum Gasteiger partial charge on any atom is -0.311 e. The molecule has 0 spiro atoms. The van der Waals surface area contributed by atoms with E-state index in [-0.39, 0.29) is 11.8 Å². The van der Waals surface area contributed by atoms with Gasteiger partial charge in [0.2, 0.25) is 15.9 Å². The van der Waals surface area contributed by atoms with Crippen LogP contribution in [0.5, 0.6) is 0 Å². The Labute approximate surface area is 112 Å². The third kappa shape index (κ3) is 2.15. The summed E-state index contributed by atoms with van der Waals surface area (Å²) in [6.45, 7) is 1.33. The van der Waals surface area contributed by atoms with Crippen molar-refractivity contribution in [2.24, 2.45) is 5.92 Å². The van der Waals surface area contributed by atoms with Crippen molar-refractivity contribution in [2.45, 2.75) is 6.42 Å². The zero-order valence-electron chi connectivity index (χ0n) is 10.7. The van der Waals surface area contributed by atoms with Crippen molar-refractivity contribution in [3.63, 3.8) is 0 Å². The minimum atomic E-state index is -3.15. The molecular weight excluding hydrogens is 264 g/mol. The van der Waals surface area contributed by atoms with Crippen LogP contribution >= 0.6 is 0 Å². The van der Waals surface area contributed by atoms with Gasteiger partial charge in [0.15, 0.2) is 0 Å². The highest BCUT2D eigenvalue weighted by atomic mass is 32.2. The van der Waals surface area contributed by atoms with Crippen LogP contribution in [0.2, 0.25) is 0 Å². The fraction of sp³-hybridized carbons (Fsp3) is 0.462. The fourth-order valence-corrected chi connectivity index (χ4v) is 3.55. The Morgan fingerprint density at radius 2 is 1.95 bits per heavy atom. The van der Waals surface area contributed by atoms with Crippen molar-refractivity contribution in [3.8, 4) is 0 Å². The molecule has 1 fully saturated rings. The number of rotatable bonds is 2. The van der Waals surface area contributed by atoms with Crippen molar-refractivity contribution in [3.05, 3.63) is 29.8 Å². The van der Waals surface area contributed by atoms with E-state index < -0.39 is 10.0 Å². The number of hydrogen-bond donors (Lipinski definition) is 0. The number of carbonyl (C=O) groups excluding carboxylic acids is 1. The summed E-state index contributed by atoms with van der Waals surface area (Å²) in [5.41, 5.74) is 2.17. The quantitative estimate of drug-likeness (QED) is 0.791. The molecule has 0 atom stereocenters. The summed E-state index contributed by atoms with van der Waals surface area (Å²) in [5, 5.41) is 0. The van der Waals surface area contributed by atoms with Crippen LogP contribution in [-0.4, -0.2) is 44.5 Å². The lowest BCUT2D eigenvalue weighted by molar-refractivity contribution is -0.125. The summed E-state index contributed by atoms with van der Waals surface area (Å²) in [7, 11) is -3.15. The summed E-state index contributed by atoms with van der Waals surface area (Å²) in [6.07, 6.45) is 2.06. The van der Waals surface area contributed by atoms with Gasteiger partial charge in [-0.25, -0.2) is 12.7 Å². The molecule has 2 aliphatic heterocycles. The number of hydrogen-bond acceptors (Lipinski definition) is 3. The highest BCUT2D eigenvalue weighted by Crippen LogP contribution is 2.31. The molecule has 102 valence electrons. The monoisotopic (exact) mass is 280 g/mol. The molecule has 1 amide bonds. The maximum absolute atomic E-state index is 12.4. The van der Waals surface area contributed by atoms with Crippen molar-refractivity contribution in [1.82, 2.24) is 4.31 Å². The zero-order valence-corrected chi connectivity index (χ0v) is 11.6. The van der Waals surface area contributed by atoms with Gasteiger partial charge >= 0.3 is 0 Å². The van der Waals surface area contributed by atoms with Gasteiger partial charge in [0, 0.05) is 25.3 Å². The van der Waals surface area contributed by atoms with Crippen LogP contribution in [0.25, 0.3) is 0 Å². The van der Waals surface area contributed by atoms with Crippen LogP contribution in [0, 0.1) is 5.92 Å². The molecule has 0 N–H and O–H groups in total. The first-order valence-electron chi connectivity index (χ1n) is 6.31. The summed E-state index contributed by atoms with van der Waals surface area (Å²) in [6, 6.07) is 7.88. The van der Waals surface area contributed by atoms with Gasteiger partial charge in [-0.2, -0.15) is 0 Å². The molecule has 1 aromatic rings. The fourth-order valence-electron chi connectivity index (χ4n) is 2.65. The molecule has 0 aliphatic carbocycles. The van der Waals surface area contributed by atoms with Gasteiger partial charge in [-0.1, -0.05) is 18.2 Å². The van der Waals surface area contributed by atoms with Crippen LogP contribution in [0.15, 0.2) is 24.3 Å². The largest absolute Gasteiger partial charge is 0.311 e. The average molecular weight is 280 g/mol. The first kappa shape index (κ1) is 12.6. The number of carbonyl (C=O) groups is 1. The normalized spacial score (nSPS) is 20.2. The Hall–Kier alpha value is -1.40. The Balaban J connectivity index is 1.71. The molecule has 2 heterocycles. The third-order valence-electron chi connectivity index (χ3n) is 3.82. The molecule has 0 radical (unpaired) electrons. The highest BCUT2D eigenvalue weighted by molar-refractivity contribution is 7.88. The lowest BCUT2D eigenvalue weighted by Gasteiger charge is -2.38. The van der Waals surface area contributed by atoms with E-state index in [9.17, 15) is 13.2 Å². The van der Waals surface area contributed by atoms with Gasteiger partial charge in [0.25, 0.3) is 0 Å². The molecule has 19 heavy (non-hydrogen) atoms. The predicted octanol–water partition coefficient (Wildman–Crippen LogP) is 0.467. The molecule has 0 aromatic heterocycles. The molecule has 1 saturated heterocycles. The molecule has 6 heteroatoms. The SMILES string of the molecule is CS(=O)(=O)N1CC(C(=O)N2CCc3ccccc32)C1. The summed E-state index contributed by atoms with van der Waals surface area (Å²) in [4.78, 5) is 14.2. The molecule has 0 unspecified atom stereocenters. The van der Waals surface area contributed by atoms with Gasteiger partial charge in [-0.3, -0.25) is 4.79 Å². The van der Waals surface area contributed by atoms with E-state index >= 15 is 0 Å². The van der Waals surface area contributed by atoms with Gasteiger partial charge in [-0.15, -0.1) is 0 Å². The molecule has 0 saturated carbocycles. The molecule has 5 nitrogen and oxygen atoms in total. The number of sulfonamides is 1. The third-order valence-corrected chi connectivity index (χ3v) is 5.06. The van der Waals surface area contributed by atoms with Gasteiger partial charge < -0.3 is 4.90 Å². The van der Waals surface area contributed by atoms with Crippen LogP contribution in [0.1, 0.15) is 5.56 Å². The predicted molar refractivity (Wildman–Crippen MR) is 72.4 cm³/mol. The summed E-state index contributed by atoms with van der Waals surface area (Å²) >= 11 is 0. The van der Waals surface area contributed by atoms with E-state index in [1.54, 1.807) is 4.90 Å². The lowest BCUT2D eigenvalue weighted by Crippen LogP contribution is -2.56.